The Labute approximate surface area is 71.4 Å². The molecule has 1 rings (SSSR count). The molecule has 1 unspecified atom stereocenters. The quantitative estimate of drug-likeness (QED) is 0.706. The highest BCUT2D eigenvalue weighted by molar-refractivity contribution is 7.98. The van der Waals surface area contributed by atoms with Gasteiger partial charge in [-0.3, -0.25) is 4.79 Å². The van der Waals surface area contributed by atoms with Crippen LogP contribution in [0.25, 0.3) is 0 Å². The van der Waals surface area contributed by atoms with E-state index in [2.05, 4.69) is 0 Å². The van der Waals surface area contributed by atoms with Crippen LogP contribution in [0.5, 0.6) is 0 Å². The summed E-state index contributed by atoms with van der Waals surface area (Å²) < 4.78 is 0. The zero-order valence-electron chi connectivity index (χ0n) is 6.75. The van der Waals surface area contributed by atoms with Gasteiger partial charge >= 0.3 is 5.97 Å². The van der Waals surface area contributed by atoms with Gasteiger partial charge in [-0.2, -0.15) is 11.8 Å². The minimum absolute atomic E-state index is 0.0845. The molecular weight excluding hydrogens is 160 g/mol. The Kier molecular flexibility index (Phi) is 3.24. The Hall–Kier alpha value is -0.180. The predicted octanol–water partition coefficient (Wildman–Crippen LogP) is 1.85. The van der Waals surface area contributed by atoms with Gasteiger partial charge in [0.1, 0.15) is 0 Å². The van der Waals surface area contributed by atoms with Gasteiger partial charge in [0.05, 0.1) is 5.92 Å². The van der Waals surface area contributed by atoms with Crippen molar-refractivity contribution < 1.29 is 9.90 Å². The third kappa shape index (κ3) is 2.12. The van der Waals surface area contributed by atoms with E-state index in [-0.39, 0.29) is 5.92 Å². The first kappa shape index (κ1) is 8.91. The third-order valence-electron chi connectivity index (χ3n) is 2.38. The Morgan fingerprint density at radius 3 is 2.64 bits per heavy atom. The lowest BCUT2D eigenvalue weighted by Crippen LogP contribution is -2.30. The number of carboxylic acid groups (broad SMARTS) is 1. The molecule has 1 N–H and O–H groups in total. The molecule has 0 aliphatic heterocycles. The van der Waals surface area contributed by atoms with E-state index in [1.165, 1.54) is 6.42 Å². The summed E-state index contributed by atoms with van der Waals surface area (Å²) in [4.78, 5) is 10.7. The molecule has 0 aromatic carbocycles. The highest BCUT2D eigenvalue weighted by Gasteiger charge is 2.31. The maximum atomic E-state index is 10.7. The minimum atomic E-state index is -0.607. The van der Waals surface area contributed by atoms with E-state index in [4.69, 9.17) is 5.11 Å². The molecule has 0 bridgehead atoms. The largest absolute Gasteiger partial charge is 0.481 e. The Morgan fingerprint density at radius 2 is 2.36 bits per heavy atom. The molecule has 0 saturated heterocycles. The molecule has 1 aliphatic rings. The van der Waals surface area contributed by atoms with Crippen molar-refractivity contribution in [1.29, 1.82) is 0 Å². The van der Waals surface area contributed by atoms with Gasteiger partial charge in [-0.15, -0.1) is 0 Å². The van der Waals surface area contributed by atoms with Crippen molar-refractivity contribution in [2.24, 2.45) is 11.8 Å². The molecule has 0 radical (unpaired) electrons. The molecule has 0 heterocycles. The lowest BCUT2D eigenvalue weighted by Gasteiger charge is -2.30. The maximum Gasteiger partial charge on any atom is 0.307 e. The first-order valence-electron chi connectivity index (χ1n) is 3.97. The van der Waals surface area contributed by atoms with Crippen LogP contribution in [0.3, 0.4) is 0 Å². The predicted molar refractivity (Wildman–Crippen MR) is 46.8 cm³/mol. The molecule has 1 atom stereocenters. The monoisotopic (exact) mass is 174 g/mol. The van der Waals surface area contributed by atoms with Crippen molar-refractivity contribution in [3.8, 4) is 0 Å². The average Bonchev–Trinajstić information content (AvgIpc) is 1.82. The standard InChI is InChI=1S/C8H14O2S/c1-11-5-7(8(9)10)6-3-2-4-6/h6-7H,2-5H2,1H3,(H,9,10). The highest BCUT2D eigenvalue weighted by Crippen LogP contribution is 2.34. The fraction of sp³-hybridized carbons (Fsp3) is 0.875. The number of hydrogen-bond donors (Lipinski definition) is 1. The Morgan fingerprint density at radius 1 is 1.73 bits per heavy atom. The van der Waals surface area contributed by atoms with Gasteiger partial charge in [0, 0.05) is 5.75 Å². The second-order valence-corrected chi connectivity index (χ2v) is 4.00. The van der Waals surface area contributed by atoms with Gasteiger partial charge in [-0.05, 0) is 25.0 Å². The second kappa shape index (κ2) is 4.00. The number of aliphatic carboxylic acids is 1. The van der Waals surface area contributed by atoms with Crippen LogP contribution in [0, 0.1) is 11.8 Å². The van der Waals surface area contributed by atoms with Crippen LogP contribution in [-0.2, 0) is 4.79 Å². The van der Waals surface area contributed by atoms with E-state index in [0.717, 1.165) is 18.6 Å². The van der Waals surface area contributed by atoms with Crippen LogP contribution in [0.1, 0.15) is 19.3 Å². The Bertz CT molecular complexity index is 143. The molecule has 1 fully saturated rings. The Balaban J connectivity index is 2.37. The number of rotatable bonds is 4. The van der Waals surface area contributed by atoms with E-state index < -0.39 is 5.97 Å². The zero-order chi connectivity index (χ0) is 8.27. The summed E-state index contributed by atoms with van der Waals surface area (Å²) in [5.74, 6) is 0.558. The molecule has 0 amide bonds. The van der Waals surface area contributed by atoms with Gasteiger partial charge < -0.3 is 5.11 Å². The van der Waals surface area contributed by atoms with Crippen molar-refractivity contribution in [2.45, 2.75) is 19.3 Å². The van der Waals surface area contributed by atoms with Crippen LogP contribution >= 0.6 is 11.8 Å². The average molecular weight is 174 g/mol. The van der Waals surface area contributed by atoms with Crippen LogP contribution in [0.2, 0.25) is 0 Å². The highest BCUT2D eigenvalue weighted by atomic mass is 32.2. The summed E-state index contributed by atoms with van der Waals surface area (Å²) in [6.07, 6.45) is 5.44. The van der Waals surface area contributed by atoms with Crippen molar-refractivity contribution in [1.82, 2.24) is 0 Å². The van der Waals surface area contributed by atoms with Gasteiger partial charge in [0.15, 0.2) is 0 Å². The second-order valence-electron chi connectivity index (χ2n) is 3.09. The third-order valence-corrected chi connectivity index (χ3v) is 3.07. The molecule has 64 valence electrons. The normalized spacial score (nSPS) is 20.8. The number of carboxylic acids is 1. The zero-order valence-corrected chi connectivity index (χ0v) is 7.56. The molecule has 2 nitrogen and oxygen atoms in total. The summed E-state index contributed by atoms with van der Waals surface area (Å²) in [5, 5.41) is 8.83. The van der Waals surface area contributed by atoms with E-state index >= 15 is 0 Å². The molecule has 1 aliphatic carbocycles. The summed E-state index contributed by atoms with van der Waals surface area (Å²) >= 11 is 1.63. The summed E-state index contributed by atoms with van der Waals surface area (Å²) in [7, 11) is 0. The SMILES string of the molecule is CSCC(C(=O)O)C1CCC1. The van der Waals surface area contributed by atoms with Crippen LogP contribution in [0.4, 0.5) is 0 Å². The molecule has 0 aromatic rings. The van der Waals surface area contributed by atoms with Gasteiger partial charge in [-0.1, -0.05) is 6.42 Å². The smallest absolute Gasteiger partial charge is 0.307 e. The van der Waals surface area contributed by atoms with Crippen molar-refractivity contribution in [3.05, 3.63) is 0 Å². The molecule has 3 heteroatoms. The number of thioether (sulfide) groups is 1. The lowest BCUT2D eigenvalue weighted by molar-refractivity contribution is -0.143. The van der Waals surface area contributed by atoms with Crippen molar-refractivity contribution >= 4 is 17.7 Å². The van der Waals surface area contributed by atoms with E-state index in [9.17, 15) is 4.79 Å². The van der Waals surface area contributed by atoms with Gasteiger partial charge in [-0.25, -0.2) is 0 Å². The van der Waals surface area contributed by atoms with Crippen LogP contribution in [-0.4, -0.2) is 23.1 Å². The molecule has 0 aromatic heterocycles. The van der Waals surface area contributed by atoms with Crippen LogP contribution in [0.15, 0.2) is 0 Å². The first-order chi connectivity index (χ1) is 5.25. The summed E-state index contributed by atoms with van der Waals surface area (Å²) in [6, 6.07) is 0. The van der Waals surface area contributed by atoms with Gasteiger partial charge in [0.25, 0.3) is 0 Å². The van der Waals surface area contributed by atoms with Crippen molar-refractivity contribution in [2.75, 3.05) is 12.0 Å². The fourth-order valence-electron chi connectivity index (χ4n) is 1.43. The summed E-state index contributed by atoms with van der Waals surface area (Å²) in [5.41, 5.74) is 0. The van der Waals surface area contributed by atoms with E-state index in [1.54, 1.807) is 11.8 Å². The molecule has 1 saturated carbocycles. The topological polar surface area (TPSA) is 37.3 Å². The van der Waals surface area contributed by atoms with Crippen LogP contribution < -0.4 is 0 Å². The maximum absolute atomic E-state index is 10.7. The molecule has 0 spiro atoms. The first-order valence-corrected chi connectivity index (χ1v) is 5.37. The van der Waals surface area contributed by atoms with Gasteiger partial charge in [0.2, 0.25) is 0 Å². The molecule has 11 heavy (non-hydrogen) atoms. The molecular formula is C8H14O2S. The number of carbonyl (C=O) groups is 1. The number of hydrogen-bond acceptors (Lipinski definition) is 2. The minimum Gasteiger partial charge on any atom is -0.481 e. The van der Waals surface area contributed by atoms with E-state index in [1.807, 2.05) is 6.26 Å². The fourth-order valence-corrected chi connectivity index (χ4v) is 2.20. The lowest BCUT2D eigenvalue weighted by atomic mass is 9.77. The van der Waals surface area contributed by atoms with Crippen molar-refractivity contribution in [3.63, 3.8) is 0 Å². The summed E-state index contributed by atoms with van der Waals surface area (Å²) in [6.45, 7) is 0. The van der Waals surface area contributed by atoms with E-state index in [0.29, 0.717) is 5.92 Å².